The number of hydrogen-bond acceptors (Lipinski definition) is 1. The van der Waals surface area contributed by atoms with E-state index in [1.807, 2.05) is 0 Å². The molecule has 0 heterocycles. The van der Waals surface area contributed by atoms with Gasteiger partial charge < -0.3 is 0 Å². The molecule has 0 N–H and O–H groups in total. The minimum absolute atomic E-state index is 1.06. The fourth-order valence-corrected chi connectivity index (χ4v) is 2.11. The van der Waals surface area contributed by atoms with E-state index in [9.17, 15) is 0 Å². The number of halogens is 1. The molecule has 82 valence electrons. The van der Waals surface area contributed by atoms with E-state index in [1.54, 1.807) is 0 Å². The molecule has 0 radical (unpaired) electrons. The first-order chi connectivity index (χ1) is 7.36. The molecule has 0 aliphatic carbocycles. The first-order valence-electron chi connectivity index (χ1n) is 5.69. The maximum Gasteiger partial charge on any atom is 0.119 e. The van der Waals surface area contributed by atoms with E-state index >= 15 is 0 Å². The predicted molar refractivity (Wildman–Crippen MR) is 73.3 cm³/mol. The van der Waals surface area contributed by atoms with Gasteiger partial charge in [0.15, 0.2) is 0 Å². The topological polar surface area (TPSA) is 3.24 Å². The van der Waals surface area contributed by atoms with Crippen LogP contribution in [0.5, 0.6) is 0 Å². The van der Waals surface area contributed by atoms with Crippen LogP contribution in [-0.4, -0.2) is 30.6 Å². The summed E-state index contributed by atoms with van der Waals surface area (Å²) in [5, 5.41) is 1.06. The van der Waals surface area contributed by atoms with Crippen LogP contribution in [-0.2, 0) is 6.54 Å². The molecule has 1 rings (SSSR count). The highest BCUT2D eigenvalue weighted by Crippen LogP contribution is 2.05. The summed E-state index contributed by atoms with van der Waals surface area (Å²) in [6.45, 7) is 5.66. The number of nitrogens with zero attached hydrogens (tertiary/aromatic N) is 1. The van der Waals surface area contributed by atoms with E-state index < -0.39 is 0 Å². The van der Waals surface area contributed by atoms with Crippen LogP contribution in [0.25, 0.3) is 0 Å². The summed E-state index contributed by atoms with van der Waals surface area (Å²) in [4.78, 5) is 2.51. The summed E-state index contributed by atoms with van der Waals surface area (Å²) in [6, 6.07) is 10.7. The Balaban J connectivity index is 2.43. The Kier molecular flexibility index (Phi) is 6.78. The van der Waals surface area contributed by atoms with Gasteiger partial charge in [-0.25, -0.2) is 0 Å². The average molecular weight is 268 g/mol. The Morgan fingerprint density at radius 3 is 2.53 bits per heavy atom. The highest BCUT2D eigenvalue weighted by molar-refractivity contribution is 9.09. The van der Waals surface area contributed by atoms with Crippen molar-refractivity contribution in [2.45, 2.75) is 19.7 Å². The van der Waals surface area contributed by atoms with Crippen molar-refractivity contribution in [3.8, 4) is 0 Å². The lowest BCUT2D eigenvalue weighted by Gasteiger charge is -2.20. The van der Waals surface area contributed by atoms with Gasteiger partial charge in [0, 0.05) is 18.4 Å². The second-order valence-electron chi connectivity index (χ2n) is 3.80. The number of alkyl halides is 1. The molecular weight excluding hydrogens is 249 g/mol. The molecule has 0 saturated heterocycles. The van der Waals surface area contributed by atoms with Gasteiger partial charge in [0.1, 0.15) is 7.28 Å². The lowest BCUT2D eigenvalue weighted by Crippen LogP contribution is -2.26. The molecule has 0 bridgehead atoms. The number of hydrogen-bond donors (Lipinski definition) is 0. The van der Waals surface area contributed by atoms with Crippen molar-refractivity contribution in [3.05, 3.63) is 35.9 Å². The van der Waals surface area contributed by atoms with Gasteiger partial charge in [-0.05, 0) is 12.1 Å². The zero-order valence-corrected chi connectivity index (χ0v) is 11.0. The van der Waals surface area contributed by atoms with Gasteiger partial charge in [-0.2, -0.15) is 0 Å². The van der Waals surface area contributed by atoms with Gasteiger partial charge in [-0.3, -0.25) is 4.90 Å². The Bertz CT molecular complexity index is 253. The van der Waals surface area contributed by atoms with Gasteiger partial charge in [-0.1, -0.05) is 59.4 Å². The van der Waals surface area contributed by atoms with E-state index in [0.717, 1.165) is 18.4 Å². The fraction of sp³-hybridized carbons (Fsp3) is 0.500. The standard InChI is InChI=1S/C12H19BBrN/c1-13-7-9-15(10-8-14)11-12-5-3-2-4-6-12/h2-6,13H,7-11H2,1H3. The maximum absolute atomic E-state index is 3.51. The van der Waals surface area contributed by atoms with Crippen LogP contribution in [0.1, 0.15) is 5.56 Å². The molecule has 15 heavy (non-hydrogen) atoms. The molecule has 0 atom stereocenters. The second-order valence-corrected chi connectivity index (χ2v) is 4.60. The Hall–Kier alpha value is -0.275. The smallest absolute Gasteiger partial charge is 0.119 e. The zero-order valence-electron chi connectivity index (χ0n) is 9.45. The van der Waals surface area contributed by atoms with Gasteiger partial charge in [0.25, 0.3) is 0 Å². The van der Waals surface area contributed by atoms with Crippen molar-refractivity contribution in [3.63, 3.8) is 0 Å². The van der Waals surface area contributed by atoms with Crippen LogP contribution < -0.4 is 0 Å². The summed E-state index contributed by atoms with van der Waals surface area (Å²) in [5.41, 5.74) is 1.41. The summed E-state index contributed by atoms with van der Waals surface area (Å²) in [7, 11) is 1.27. The van der Waals surface area contributed by atoms with Crippen LogP contribution in [0, 0.1) is 0 Å². The van der Waals surface area contributed by atoms with Crippen molar-refractivity contribution in [2.24, 2.45) is 0 Å². The molecular formula is C12H19BBrN. The van der Waals surface area contributed by atoms with Crippen molar-refractivity contribution >= 4 is 23.2 Å². The molecule has 0 saturated carbocycles. The van der Waals surface area contributed by atoms with Crippen molar-refractivity contribution in [1.29, 1.82) is 0 Å². The molecule has 0 aromatic heterocycles. The Morgan fingerprint density at radius 2 is 1.93 bits per heavy atom. The first kappa shape index (κ1) is 12.8. The predicted octanol–water partition coefficient (Wildman–Crippen LogP) is 2.79. The molecule has 1 aromatic rings. The van der Waals surface area contributed by atoms with E-state index in [-0.39, 0.29) is 0 Å². The minimum atomic E-state index is 1.06. The minimum Gasteiger partial charge on any atom is -0.299 e. The van der Waals surface area contributed by atoms with Crippen LogP contribution in [0.4, 0.5) is 0 Å². The molecule has 0 aliphatic rings. The van der Waals surface area contributed by atoms with Crippen LogP contribution >= 0.6 is 15.9 Å². The molecule has 0 fully saturated rings. The van der Waals surface area contributed by atoms with Gasteiger partial charge >= 0.3 is 0 Å². The highest BCUT2D eigenvalue weighted by Gasteiger charge is 2.03. The van der Waals surface area contributed by atoms with Gasteiger partial charge in [0.2, 0.25) is 0 Å². The fourth-order valence-electron chi connectivity index (χ4n) is 1.61. The molecule has 1 nitrogen and oxygen atoms in total. The second kappa shape index (κ2) is 7.94. The lowest BCUT2D eigenvalue weighted by molar-refractivity contribution is 0.299. The molecule has 0 unspecified atom stereocenters. The molecule has 3 heteroatoms. The molecule has 0 spiro atoms. The van der Waals surface area contributed by atoms with E-state index in [2.05, 4.69) is 58.0 Å². The Labute approximate surface area is 102 Å². The summed E-state index contributed by atoms with van der Waals surface area (Å²) >= 11 is 3.51. The van der Waals surface area contributed by atoms with Crippen molar-refractivity contribution in [2.75, 3.05) is 18.4 Å². The monoisotopic (exact) mass is 267 g/mol. The first-order valence-corrected chi connectivity index (χ1v) is 6.81. The summed E-state index contributed by atoms with van der Waals surface area (Å²) < 4.78 is 0. The summed E-state index contributed by atoms with van der Waals surface area (Å²) in [6.07, 6.45) is 1.29. The van der Waals surface area contributed by atoms with Gasteiger partial charge in [-0.15, -0.1) is 0 Å². The van der Waals surface area contributed by atoms with E-state index in [0.29, 0.717) is 0 Å². The molecule has 1 aromatic carbocycles. The van der Waals surface area contributed by atoms with Gasteiger partial charge in [0.05, 0.1) is 0 Å². The van der Waals surface area contributed by atoms with Crippen molar-refractivity contribution in [1.82, 2.24) is 4.90 Å². The molecule has 0 aliphatic heterocycles. The largest absolute Gasteiger partial charge is 0.299 e. The lowest BCUT2D eigenvalue weighted by atomic mass is 9.78. The number of rotatable bonds is 7. The number of benzene rings is 1. The average Bonchev–Trinajstić information content (AvgIpc) is 2.28. The van der Waals surface area contributed by atoms with E-state index in [1.165, 1.54) is 25.7 Å². The normalized spacial score (nSPS) is 10.6. The third-order valence-electron chi connectivity index (χ3n) is 2.48. The SMILES string of the molecule is CBCCN(CCBr)Cc1ccccc1. The third kappa shape index (κ3) is 5.38. The van der Waals surface area contributed by atoms with Crippen molar-refractivity contribution < 1.29 is 0 Å². The van der Waals surface area contributed by atoms with Crippen LogP contribution in [0.15, 0.2) is 30.3 Å². The van der Waals surface area contributed by atoms with Crippen LogP contribution in [0.2, 0.25) is 13.1 Å². The zero-order chi connectivity index (χ0) is 10.9. The molecule has 0 amide bonds. The highest BCUT2D eigenvalue weighted by atomic mass is 79.9. The van der Waals surface area contributed by atoms with E-state index in [4.69, 9.17) is 0 Å². The third-order valence-corrected chi connectivity index (χ3v) is 2.83. The Morgan fingerprint density at radius 1 is 1.20 bits per heavy atom. The summed E-state index contributed by atoms with van der Waals surface area (Å²) in [5.74, 6) is 0. The maximum atomic E-state index is 3.51. The van der Waals surface area contributed by atoms with Crippen LogP contribution in [0.3, 0.4) is 0 Å². The quantitative estimate of drug-likeness (QED) is 0.543.